The maximum atomic E-state index is 10.1. The summed E-state index contributed by atoms with van der Waals surface area (Å²) in [6.07, 6.45) is 0.904. The van der Waals surface area contributed by atoms with Gasteiger partial charge in [0.2, 0.25) is 0 Å². The van der Waals surface area contributed by atoms with Crippen molar-refractivity contribution in [2.24, 2.45) is 0 Å². The summed E-state index contributed by atoms with van der Waals surface area (Å²) in [5.74, 6) is 0. The first-order valence-corrected chi connectivity index (χ1v) is 6.17. The number of fused-ring (bicyclic) bond motifs is 3. The fourth-order valence-electron chi connectivity index (χ4n) is 2.57. The van der Waals surface area contributed by atoms with E-state index in [1.807, 2.05) is 24.3 Å². The third-order valence-corrected chi connectivity index (χ3v) is 3.72. The number of benzene rings is 2. The molecule has 0 aromatic heterocycles. The van der Waals surface area contributed by atoms with Gasteiger partial charge in [0.05, 0.1) is 6.61 Å². The Labute approximate surface area is 107 Å². The van der Waals surface area contributed by atoms with Crippen molar-refractivity contribution in [1.29, 1.82) is 0 Å². The molecule has 0 saturated carbocycles. The van der Waals surface area contributed by atoms with E-state index in [1.165, 1.54) is 22.3 Å². The predicted octanol–water partition coefficient (Wildman–Crippen LogP) is 2.46. The average molecular weight is 240 g/mol. The van der Waals surface area contributed by atoms with Crippen LogP contribution in [0.3, 0.4) is 0 Å². The zero-order valence-electron chi connectivity index (χ0n) is 10.4. The van der Waals surface area contributed by atoms with E-state index < -0.39 is 5.60 Å². The Morgan fingerprint density at radius 3 is 2.56 bits per heavy atom. The molecule has 2 heteroatoms. The molecule has 0 spiro atoms. The van der Waals surface area contributed by atoms with Gasteiger partial charge >= 0.3 is 0 Å². The highest BCUT2D eigenvalue weighted by Gasteiger charge is 2.25. The van der Waals surface area contributed by atoms with Gasteiger partial charge in [0, 0.05) is 0 Å². The van der Waals surface area contributed by atoms with Crippen LogP contribution in [0.15, 0.2) is 42.5 Å². The topological polar surface area (TPSA) is 40.5 Å². The highest BCUT2D eigenvalue weighted by Crippen LogP contribution is 2.38. The Morgan fingerprint density at radius 2 is 1.78 bits per heavy atom. The standard InChI is InChI=1S/C16H16O2/c1-16(18,10-17)13-6-7-15-12(9-13)8-11-4-2-3-5-14(11)15/h2-7,9,17-18H,8,10H2,1H3. The monoisotopic (exact) mass is 240 g/mol. The molecule has 3 rings (SSSR count). The van der Waals surface area contributed by atoms with Crippen molar-refractivity contribution in [2.75, 3.05) is 6.61 Å². The van der Waals surface area contributed by atoms with Crippen LogP contribution in [0.2, 0.25) is 0 Å². The molecular weight excluding hydrogens is 224 g/mol. The summed E-state index contributed by atoms with van der Waals surface area (Å²) in [7, 11) is 0. The number of rotatable bonds is 2. The van der Waals surface area contributed by atoms with Gasteiger partial charge in [-0.2, -0.15) is 0 Å². The molecule has 2 aromatic carbocycles. The quantitative estimate of drug-likeness (QED) is 0.722. The molecule has 18 heavy (non-hydrogen) atoms. The third-order valence-electron chi connectivity index (χ3n) is 3.72. The molecule has 0 radical (unpaired) electrons. The number of aliphatic hydroxyl groups is 2. The first-order chi connectivity index (χ1) is 8.62. The van der Waals surface area contributed by atoms with Crippen LogP contribution in [0.1, 0.15) is 23.6 Å². The lowest BCUT2D eigenvalue weighted by atomic mass is 9.93. The van der Waals surface area contributed by atoms with Crippen molar-refractivity contribution in [3.63, 3.8) is 0 Å². The minimum absolute atomic E-state index is 0.265. The molecule has 1 atom stereocenters. The Hall–Kier alpha value is -1.64. The summed E-state index contributed by atoms with van der Waals surface area (Å²) in [4.78, 5) is 0. The smallest absolute Gasteiger partial charge is 0.110 e. The van der Waals surface area contributed by atoms with Crippen LogP contribution >= 0.6 is 0 Å². The van der Waals surface area contributed by atoms with E-state index in [4.69, 9.17) is 0 Å². The van der Waals surface area contributed by atoms with E-state index in [0.29, 0.717) is 0 Å². The van der Waals surface area contributed by atoms with E-state index in [9.17, 15) is 10.2 Å². The van der Waals surface area contributed by atoms with Crippen molar-refractivity contribution in [2.45, 2.75) is 18.9 Å². The Kier molecular flexibility index (Phi) is 2.51. The predicted molar refractivity (Wildman–Crippen MR) is 71.3 cm³/mol. The van der Waals surface area contributed by atoms with Crippen molar-refractivity contribution in [3.05, 3.63) is 59.2 Å². The summed E-state index contributed by atoms with van der Waals surface area (Å²) in [5.41, 5.74) is 4.68. The summed E-state index contributed by atoms with van der Waals surface area (Å²) in [6.45, 7) is 1.37. The van der Waals surface area contributed by atoms with Crippen molar-refractivity contribution >= 4 is 0 Å². The Morgan fingerprint density at radius 1 is 1.06 bits per heavy atom. The molecule has 1 unspecified atom stereocenters. The van der Waals surface area contributed by atoms with E-state index in [1.54, 1.807) is 6.92 Å². The fraction of sp³-hybridized carbons (Fsp3) is 0.250. The minimum atomic E-state index is -1.16. The first-order valence-electron chi connectivity index (χ1n) is 6.17. The highest BCUT2D eigenvalue weighted by molar-refractivity contribution is 5.77. The molecule has 0 fully saturated rings. The molecule has 92 valence electrons. The molecule has 1 aliphatic carbocycles. The second kappa shape index (κ2) is 3.94. The lowest BCUT2D eigenvalue weighted by Gasteiger charge is -2.21. The summed E-state index contributed by atoms with van der Waals surface area (Å²) in [6, 6.07) is 14.3. The van der Waals surface area contributed by atoms with Crippen LogP contribution in [-0.4, -0.2) is 16.8 Å². The van der Waals surface area contributed by atoms with Crippen molar-refractivity contribution < 1.29 is 10.2 Å². The molecule has 0 aliphatic heterocycles. The third kappa shape index (κ3) is 1.65. The molecule has 2 N–H and O–H groups in total. The number of hydrogen-bond donors (Lipinski definition) is 2. The second-order valence-electron chi connectivity index (χ2n) is 5.14. The van der Waals surface area contributed by atoms with Gasteiger partial charge in [-0.25, -0.2) is 0 Å². The Balaban J connectivity index is 2.09. The molecule has 1 aliphatic rings. The molecule has 0 amide bonds. The van der Waals surface area contributed by atoms with Gasteiger partial charge in [-0.15, -0.1) is 0 Å². The van der Waals surface area contributed by atoms with E-state index >= 15 is 0 Å². The molecule has 0 saturated heterocycles. The van der Waals surface area contributed by atoms with E-state index in [0.717, 1.165) is 12.0 Å². The maximum absolute atomic E-state index is 10.1. The number of hydrogen-bond acceptors (Lipinski definition) is 2. The minimum Gasteiger partial charge on any atom is -0.393 e. The summed E-state index contributed by atoms with van der Waals surface area (Å²) in [5, 5.41) is 19.3. The molecule has 0 bridgehead atoms. The summed E-state index contributed by atoms with van der Waals surface area (Å²) >= 11 is 0. The second-order valence-corrected chi connectivity index (χ2v) is 5.14. The highest BCUT2D eigenvalue weighted by atomic mass is 16.3. The van der Waals surface area contributed by atoms with Gasteiger partial charge in [-0.3, -0.25) is 0 Å². The van der Waals surface area contributed by atoms with Gasteiger partial charge in [0.15, 0.2) is 0 Å². The van der Waals surface area contributed by atoms with Crippen LogP contribution in [0.25, 0.3) is 11.1 Å². The van der Waals surface area contributed by atoms with Crippen LogP contribution < -0.4 is 0 Å². The largest absolute Gasteiger partial charge is 0.393 e. The first kappa shape index (κ1) is 11.5. The van der Waals surface area contributed by atoms with Gasteiger partial charge < -0.3 is 10.2 Å². The Bertz CT molecular complexity index is 600. The zero-order valence-corrected chi connectivity index (χ0v) is 10.4. The zero-order chi connectivity index (χ0) is 12.8. The molecular formula is C16H16O2. The lowest BCUT2D eigenvalue weighted by Crippen LogP contribution is -2.25. The van der Waals surface area contributed by atoms with Crippen LogP contribution in [0.5, 0.6) is 0 Å². The van der Waals surface area contributed by atoms with Crippen LogP contribution in [0, 0.1) is 0 Å². The lowest BCUT2D eigenvalue weighted by molar-refractivity contribution is -0.00231. The van der Waals surface area contributed by atoms with Gasteiger partial charge in [0.25, 0.3) is 0 Å². The molecule has 0 heterocycles. The number of aliphatic hydroxyl groups excluding tert-OH is 1. The SMILES string of the molecule is CC(O)(CO)c1ccc2c(c1)Cc1ccccc1-2. The maximum Gasteiger partial charge on any atom is 0.110 e. The molecule has 2 nitrogen and oxygen atoms in total. The van der Waals surface area contributed by atoms with Crippen molar-refractivity contribution in [3.8, 4) is 11.1 Å². The fourth-order valence-corrected chi connectivity index (χ4v) is 2.57. The van der Waals surface area contributed by atoms with Gasteiger partial charge in [0.1, 0.15) is 5.60 Å². The summed E-state index contributed by atoms with van der Waals surface area (Å²) < 4.78 is 0. The van der Waals surface area contributed by atoms with Crippen LogP contribution in [-0.2, 0) is 12.0 Å². The van der Waals surface area contributed by atoms with E-state index in [2.05, 4.69) is 18.2 Å². The van der Waals surface area contributed by atoms with Crippen molar-refractivity contribution in [1.82, 2.24) is 0 Å². The van der Waals surface area contributed by atoms with Gasteiger partial charge in [-0.1, -0.05) is 42.5 Å². The van der Waals surface area contributed by atoms with Crippen LogP contribution in [0.4, 0.5) is 0 Å². The van der Waals surface area contributed by atoms with E-state index in [-0.39, 0.29) is 6.61 Å². The average Bonchev–Trinajstić information content (AvgIpc) is 2.76. The van der Waals surface area contributed by atoms with Gasteiger partial charge in [-0.05, 0) is 41.2 Å². The molecule has 2 aromatic rings. The normalized spacial score (nSPS) is 15.9.